The first-order chi connectivity index (χ1) is 9.40. The maximum atomic E-state index is 5.98. The van der Waals surface area contributed by atoms with Gasteiger partial charge in [0.2, 0.25) is 0 Å². The molecule has 1 aliphatic carbocycles. The van der Waals surface area contributed by atoms with E-state index in [1.165, 1.54) is 29.7 Å². The minimum Gasteiger partial charge on any atom is -0.382 e. The summed E-state index contributed by atoms with van der Waals surface area (Å²) in [5.74, 6) is 0. The summed E-state index contributed by atoms with van der Waals surface area (Å²) in [4.78, 5) is 0. The van der Waals surface area contributed by atoms with Crippen molar-refractivity contribution in [1.82, 2.24) is 0 Å². The molecule has 1 saturated carbocycles. The number of nitrogens with two attached hydrogens (primary N) is 1. The number of anilines is 1. The van der Waals surface area contributed by atoms with E-state index < -0.39 is 0 Å². The number of benzene rings is 1. The van der Waals surface area contributed by atoms with Gasteiger partial charge in [-0.3, -0.25) is 0 Å². The number of hydrogen-bond donors (Lipinski definition) is 2. The third-order valence-electron chi connectivity index (χ3n) is 4.44. The van der Waals surface area contributed by atoms with Gasteiger partial charge in [0.05, 0.1) is 0 Å². The van der Waals surface area contributed by atoms with Crippen LogP contribution in [0.25, 0.3) is 0 Å². The van der Waals surface area contributed by atoms with Gasteiger partial charge in [0, 0.05) is 17.8 Å². The highest BCUT2D eigenvalue weighted by Crippen LogP contribution is 2.29. The van der Waals surface area contributed by atoms with Gasteiger partial charge in [-0.1, -0.05) is 33.8 Å². The predicted octanol–water partition coefficient (Wildman–Crippen LogP) is 4.23. The van der Waals surface area contributed by atoms with Crippen molar-refractivity contribution in [3.8, 4) is 0 Å². The lowest BCUT2D eigenvalue weighted by atomic mass is 9.83. The average Bonchev–Trinajstić information content (AvgIpc) is 2.40. The van der Waals surface area contributed by atoms with Crippen molar-refractivity contribution in [2.45, 2.75) is 77.3 Å². The lowest BCUT2D eigenvalue weighted by molar-refractivity contribution is 0.411. The lowest BCUT2D eigenvalue weighted by Crippen LogP contribution is -2.32. The average molecular weight is 274 g/mol. The Morgan fingerprint density at radius 1 is 1.15 bits per heavy atom. The minimum absolute atomic E-state index is 0.224. The van der Waals surface area contributed by atoms with Crippen LogP contribution in [0.15, 0.2) is 18.2 Å². The smallest absolute Gasteiger partial charge is 0.0345 e. The Morgan fingerprint density at radius 2 is 1.80 bits per heavy atom. The molecule has 0 aliphatic heterocycles. The van der Waals surface area contributed by atoms with Gasteiger partial charge in [0.15, 0.2) is 0 Å². The van der Waals surface area contributed by atoms with Crippen LogP contribution < -0.4 is 11.1 Å². The van der Waals surface area contributed by atoms with Crippen molar-refractivity contribution in [2.75, 3.05) is 5.32 Å². The zero-order valence-electron chi connectivity index (χ0n) is 13.5. The fraction of sp³-hybridized carbons (Fsp3) is 0.667. The van der Waals surface area contributed by atoms with Crippen LogP contribution in [0.4, 0.5) is 5.69 Å². The normalized spacial score (nSPS) is 23.6. The van der Waals surface area contributed by atoms with Gasteiger partial charge >= 0.3 is 0 Å². The quantitative estimate of drug-likeness (QED) is 0.865. The van der Waals surface area contributed by atoms with Crippen LogP contribution in [0.3, 0.4) is 0 Å². The van der Waals surface area contributed by atoms with E-state index in [4.69, 9.17) is 5.73 Å². The molecule has 1 aromatic carbocycles. The molecular weight excluding hydrogens is 244 g/mol. The molecule has 1 fully saturated rings. The summed E-state index contributed by atoms with van der Waals surface area (Å²) in [6.45, 7) is 9.11. The highest BCUT2D eigenvalue weighted by Gasteiger charge is 2.20. The fourth-order valence-corrected chi connectivity index (χ4v) is 3.21. The summed E-state index contributed by atoms with van der Waals surface area (Å²) in [5, 5.41) is 3.70. The summed E-state index contributed by atoms with van der Waals surface area (Å²) >= 11 is 0. The van der Waals surface area contributed by atoms with E-state index in [2.05, 4.69) is 51.2 Å². The number of rotatable bonds is 3. The molecule has 0 unspecified atom stereocenters. The molecule has 0 amide bonds. The Labute approximate surface area is 124 Å². The molecule has 0 spiro atoms. The van der Waals surface area contributed by atoms with Gasteiger partial charge < -0.3 is 11.1 Å². The maximum absolute atomic E-state index is 5.98. The molecule has 2 rings (SSSR count). The Bertz CT molecular complexity index is 437. The van der Waals surface area contributed by atoms with E-state index in [0.29, 0.717) is 12.1 Å². The molecule has 1 aromatic rings. The van der Waals surface area contributed by atoms with Crippen LogP contribution in [0.5, 0.6) is 0 Å². The van der Waals surface area contributed by atoms with E-state index in [1.54, 1.807) is 0 Å². The van der Waals surface area contributed by atoms with Crippen molar-refractivity contribution < 1.29 is 0 Å². The van der Waals surface area contributed by atoms with Crippen molar-refractivity contribution >= 4 is 5.69 Å². The van der Waals surface area contributed by atoms with E-state index in [1.807, 2.05) is 0 Å². The largest absolute Gasteiger partial charge is 0.382 e. The molecular formula is C18H30N2. The topological polar surface area (TPSA) is 38.0 Å². The van der Waals surface area contributed by atoms with E-state index in [9.17, 15) is 0 Å². The fourth-order valence-electron chi connectivity index (χ4n) is 3.21. The van der Waals surface area contributed by atoms with Crippen LogP contribution in [0.2, 0.25) is 0 Å². The van der Waals surface area contributed by atoms with Crippen molar-refractivity contribution in [2.24, 2.45) is 5.73 Å². The zero-order valence-corrected chi connectivity index (χ0v) is 13.5. The minimum atomic E-state index is 0.224. The van der Waals surface area contributed by atoms with Crippen LogP contribution in [0, 0.1) is 0 Å². The SMILES string of the molecule is CCc1cc(NC2CCC(N)CC2)ccc1C(C)(C)C. The summed E-state index contributed by atoms with van der Waals surface area (Å²) in [7, 11) is 0. The van der Waals surface area contributed by atoms with E-state index >= 15 is 0 Å². The number of aryl methyl sites for hydroxylation is 1. The van der Waals surface area contributed by atoms with Crippen molar-refractivity contribution in [1.29, 1.82) is 0 Å². The first-order valence-corrected chi connectivity index (χ1v) is 8.05. The van der Waals surface area contributed by atoms with Gasteiger partial charge in [-0.05, 0) is 60.8 Å². The molecule has 20 heavy (non-hydrogen) atoms. The van der Waals surface area contributed by atoms with Gasteiger partial charge in [-0.25, -0.2) is 0 Å². The zero-order chi connectivity index (χ0) is 14.8. The second-order valence-corrected chi connectivity index (χ2v) is 7.23. The number of nitrogens with one attached hydrogen (secondary N) is 1. The second-order valence-electron chi connectivity index (χ2n) is 7.23. The molecule has 0 aromatic heterocycles. The van der Waals surface area contributed by atoms with Crippen molar-refractivity contribution in [3.05, 3.63) is 29.3 Å². The summed E-state index contributed by atoms with van der Waals surface area (Å²) < 4.78 is 0. The Hall–Kier alpha value is -1.02. The van der Waals surface area contributed by atoms with Crippen LogP contribution >= 0.6 is 0 Å². The van der Waals surface area contributed by atoms with Gasteiger partial charge in [0.1, 0.15) is 0 Å². The molecule has 0 bridgehead atoms. The molecule has 3 N–H and O–H groups in total. The molecule has 0 radical (unpaired) electrons. The van der Waals surface area contributed by atoms with Crippen LogP contribution in [-0.4, -0.2) is 12.1 Å². The van der Waals surface area contributed by atoms with Crippen LogP contribution in [0.1, 0.15) is 64.5 Å². The predicted molar refractivity (Wildman–Crippen MR) is 88.4 cm³/mol. The number of hydrogen-bond acceptors (Lipinski definition) is 2. The summed E-state index contributed by atoms with van der Waals surface area (Å²) in [5.41, 5.74) is 10.4. The third kappa shape index (κ3) is 3.76. The van der Waals surface area contributed by atoms with Crippen molar-refractivity contribution in [3.63, 3.8) is 0 Å². The summed E-state index contributed by atoms with van der Waals surface area (Å²) in [6.07, 6.45) is 5.79. The van der Waals surface area contributed by atoms with E-state index in [-0.39, 0.29) is 5.41 Å². The Morgan fingerprint density at radius 3 is 2.35 bits per heavy atom. The maximum Gasteiger partial charge on any atom is 0.0345 e. The Balaban J connectivity index is 2.10. The van der Waals surface area contributed by atoms with Gasteiger partial charge in [-0.2, -0.15) is 0 Å². The first-order valence-electron chi connectivity index (χ1n) is 8.05. The standard InChI is InChI=1S/C18H30N2/c1-5-13-12-16(10-11-17(13)18(2,3)4)20-15-8-6-14(19)7-9-15/h10-12,14-15,20H,5-9,19H2,1-4H3. The monoisotopic (exact) mass is 274 g/mol. The van der Waals surface area contributed by atoms with Crippen LogP contribution in [-0.2, 0) is 11.8 Å². The first kappa shape index (κ1) is 15.4. The lowest BCUT2D eigenvalue weighted by Gasteiger charge is -2.29. The van der Waals surface area contributed by atoms with Gasteiger partial charge in [-0.15, -0.1) is 0 Å². The second kappa shape index (κ2) is 6.17. The molecule has 112 valence electrons. The van der Waals surface area contributed by atoms with E-state index in [0.717, 1.165) is 19.3 Å². The molecule has 0 heterocycles. The summed E-state index contributed by atoms with van der Waals surface area (Å²) in [6, 6.07) is 7.90. The highest BCUT2D eigenvalue weighted by molar-refractivity contribution is 5.51. The molecule has 2 heteroatoms. The molecule has 1 aliphatic rings. The molecule has 0 atom stereocenters. The highest BCUT2D eigenvalue weighted by atomic mass is 14.9. The molecule has 2 nitrogen and oxygen atoms in total. The Kier molecular flexibility index (Phi) is 4.74. The van der Waals surface area contributed by atoms with Gasteiger partial charge in [0.25, 0.3) is 0 Å². The molecule has 0 saturated heterocycles. The third-order valence-corrected chi connectivity index (χ3v) is 4.44.